The molecule has 1 aliphatic rings. The standard InChI is InChI=1S/C20H19F5N4OS/c1-10-17(18(10)31-19(26)27-2)12-5-11(3-4-13(12)21)6-14(22)15-7-29-16(8-28-15)30-9-20(23,24)25/h3-8,10,17-18H,9H2,1-2H3,(H2,26,27)/b14-6-. The number of nitrogens with zero attached hydrogens (tertiary/aromatic N) is 3. The number of amidine groups is 1. The first-order valence-corrected chi connectivity index (χ1v) is 10.0. The Kier molecular flexibility index (Phi) is 6.83. The van der Waals surface area contributed by atoms with Crippen molar-refractivity contribution in [2.45, 2.75) is 24.3 Å². The summed E-state index contributed by atoms with van der Waals surface area (Å²) in [5, 5.41) is 0.500. The molecule has 0 bridgehead atoms. The number of halogens is 5. The summed E-state index contributed by atoms with van der Waals surface area (Å²) < 4.78 is 69.9. The highest BCUT2D eigenvalue weighted by molar-refractivity contribution is 8.14. The van der Waals surface area contributed by atoms with Crippen molar-refractivity contribution in [1.82, 2.24) is 9.97 Å². The number of rotatable bonds is 6. The van der Waals surface area contributed by atoms with Crippen LogP contribution in [0.5, 0.6) is 5.88 Å². The van der Waals surface area contributed by atoms with Gasteiger partial charge in [0.05, 0.1) is 12.4 Å². The quantitative estimate of drug-likeness (QED) is 0.382. The summed E-state index contributed by atoms with van der Waals surface area (Å²) >= 11 is 1.38. The maximum Gasteiger partial charge on any atom is 0.422 e. The van der Waals surface area contributed by atoms with Gasteiger partial charge in [-0.3, -0.25) is 4.99 Å². The molecule has 2 N–H and O–H groups in total. The van der Waals surface area contributed by atoms with Gasteiger partial charge in [-0.15, -0.1) is 0 Å². The fourth-order valence-corrected chi connectivity index (χ4v) is 4.28. The molecule has 11 heteroatoms. The number of benzene rings is 1. The van der Waals surface area contributed by atoms with Gasteiger partial charge in [-0.05, 0) is 35.3 Å². The third kappa shape index (κ3) is 5.93. The van der Waals surface area contributed by atoms with Crippen LogP contribution in [-0.4, -0.2) is 40.2 Å². The minimum atomic E-state index is -4.52. The second-order valence-corrected chi connectivity index (χ2v) is 8.14. The molecular weight excluding hydrogens is 439 g/mol. The number of ether oxygens (including phenoxy) is 1. The molecular formula is C20H19F5N4OS. The Hall–Kier alpha value is -2.69. The summed E-state index contributed by atoms with van der Waals surface area (Å²) in [5.74, 6) is -1.44. The third-order valence-corrected chi connectivity index (χ3v) is 6.12. The molecule has 0 saturated heterocycles. The highest BCUT2D eigenvalue weighted by atomic mass is 32.2. The van der Waals surface area contributed by atoms with E-state index < -0.39 is 24.4 Å². The lowest BCUT2D eigenvalue weighted by Crippen LogP contribution is -2.19. The Bertz CT molecular complexity index is 994. The van der Waals surface area contributed by atoms with E-state index in [-0.39, 0.29) is 28.7 Å². The molecule has 1 aliphatic carbocycles. The second-order valence-electron chi connectivity index (χ2n) is 6.95. The molecule has 0 radical (unpaired) electrons. The summed E-state index contributed by atoms with van der Waals surface area (Å²) in [7, 11) is 1.58. The monoisotopic (exact) mass is 458 g/mol. The van der Waals surface area contributed by atoms with Crippen LogP contribution in [0.3, 0.4) is 0 Å². The topological polar surface area (TPSA) is 73.4 Å². The smallest absolute Gasteiger partial charge is 0.422 e. The van der Waals surface area contributed by atoms with Crippen molar-refractivity contribution in [1.29, 1.82) is 0 Å². The van der Waals surface area contributed by atoms with Crippen LogP contribution in [0, 0.1) is 11.7 Å². The third-order valence-electron chi connectivity index (χ3n) is 4.70. The van der Waals surface area contributed by atoms with Gasteiger partial charge in [0.15, 0.2) is 17.6 Å². The number of hydrogen-bond donors (Lipinski definition) is 1. The van der Waals surface area contributed by atoms with Crippen LogP contribution >= 0.6 is 11.8 Å². The fourth-order valence-electron chi connectivity index (χ4n) is 3.06. The molecule has 2 aromatic rings. The normalized spacial score (nSPS) is 21.8. The Morgan fingerprint density at radius 2 is 2.03 bits per heavy atom. The van der Waals surface area contributed by atoms with Crippen LogP contribution in [0.15, 0.2) is 35.6 Å². The molecule has 31 heavy (non-hydrogen) atoms. The zero-order valence-electron chi connectivity index (χ0n) is 16.5. The summed E-state index contributed by atoms with van der Waals surface area (Å²) in [6, 6.07) is 4.24. The van der Waals surface area contributed by atoms with E-state index in [1.165, 1.54) is 23.9 Å². The number of aromatic nitrogens is 2. The van der Waals surface area contributed by atoms with Crippen molar-refractivity contribution in [3.8, 4) is 5.88 Å². The molecule has 3 unspecified atom stereocenters. The molecule has 0 spiro atoms. The van der Waals surface area contributed by atoms with E-state index in [0.29, 0.717) is 16.3 Å². The SMILES string of the molecule is CN=C(N)SC1C(C)C1c1cc(/C=C(\F)c2cnc(OCC(F)(F)F)cn2)ccc1F. The molecule has 0 amide bonds. The Labute approximate surface area is 179 Å². The summed E-state index contributed by atoms with van der Waals surface area (Å²) in [4.78, 5) is 11.2. The number of aliphatic imine (C=N–C) groups is 1. The van der Waals surface area contributed by atoms with Crippen molar-refractivity contribution in [2.24, 2.45) is 16.6 Å². The first-order chi connectivity index (χ1) is 14.6. The molecule has 0 aliphatic heterocycles. The Balaban J connectivity index is 1.74. The number of thioether (sulfide) groups is 1. The van der Waals surface area contributed by atoms with Crippen LogP contribution in [0.25, 0.3) is 11.9 Å². The van der Waals surface area contributed by atoms with Gasteiger partial charge in [-0.1, -0.05) is 24.8 Å². The van der Waals surface area contributed by atoms with Crippen molar-refractivity contribution in [2.75, 3.05) is 13.7 Å². The van der Waals surface area contributed by atoms with E-state index in [9.17, 15) is 22.0 Å². The van der Waals surface area contributed by atoms with E-state index in [1.807, 2.05) is 6.92 Å². The lowest BCUT2D eigenvalue weighted by Gasteiger charge is -2.08. The molecule has 1 aromatic carbocycles. The van der Waals surface area contributed by atoms with Crippen LogP contribution in [0.4, 0.5) is 22.0 Å². The maximum atomic E-state index is 14.6. The van der Waals surface area contributed by atoms with Gasteiger partial charge in [0.1, 0.15) is 11.5 Å². The summed E-state index contributed by atoms with van der Waals surface area (Å²) in [5.41, 5.74) is 6.42. The number of nitrogens with two attached hydrogens (primary N) is 1. The lowest BCUT2D eigenvalue weighted by molar-refractivity contribution is -0.154. The average Bonchev–Trinajstić information content (AvgIpc) is 3.35. The van der Waals surface area contributed by atoms with E-state index >= 15 is 0 Å². The summed E-state index contributed by atoms with van der Waals surface area (Å²) in [6.07, 6.45) is -1.50. The average molecular weight is 458 g/mol. The molecule has 1 heterocycles. The van der Waals surface area contributed by atoms with Gasteiger partial charge in [0, 0.05) is 18.2 Å². The van der Waals surface area contributed by atoms with Gasteiger partial charge in [-0.2, -0.15) is 13.2 Å². The van der Waals surface area contributed by atoms with Crippen LogP contribution in [0.2, 0.25) is 0 Å². The van der Waals surface area contributed by atoms with Gasteiger partial charge in [0.2, 0.25) is 5.88 Å². The largest absolute Gasteiger partial charge is 0.467 e. The Morgan fingerprint density at radius 1 is 1.29 bits per heavy atom. The first-order valence-electron chi connectivity index (χ1n) is 9.16. The minimum absolute atomic E-state index is 0.0773. The zero-order chi connectivity index (χ0) is 22.8. The van der Waals surface area contributed by atoms with Crippen molar-refractivity contribution >= 4 is 28.8 Å². The van der Waals surface area contributed by atoms with Crippen molar-refractivity contribution in [3.63, 3.8) is 0 Å². The second kappa shape index (κ2) is 9.21. The predicted molar refractivity (Wildman–Crippen MR) is 110 cm³/mol. The Morgan fingerprint density at radius 3 is 2.65 bits per heavy atom. The van der Waals surface area contributed by atoms with Gasteiger partial charge in [0.25, 0.3) is 0 Å². The van der Waals surface area contributed by atoms with E-state index in [0.717, 1.165) is 18.5 Å². The van der Waals surface area contributed by atoms with Crippen molar-refractivity contribution in [3.05, 3.63) is 53.2 Å². The number of hydrogen-bond acceptors (Lipinski definition) is 5. The molecule has 1 aromatic heterocycles. The highest BCUT2D eigenvalue weighted by Gasteiger charge is 2.49. The van der Waals surface area contributed by atoms with E-state index in [4.69, 9.17) is 5.73 Å². The van der Waals surface area contributed by atoms with Gasteiger partial charge < -0.3 is 10.5 Å². The highest BCUT2D eigenvalue weighted by Crippen LogP contribution is 2.55. The lowest BCUT2D eigenvalue weighted by atomic mass is 10.0. The predicted octanol–water partition coefficient (Wildman–Crippen LogP) is 4.80. The van der Waals surface area contributed by atoms with Crippen LogP contribution in [-0.2, 0) is 0 Å². The molecule has 3 atom stereocenters. The van der Waals surface area contributed by atoms with Gasteiger partial charge >= 0.3 is 6.18 Å². The molecule has 1 fully saturated rings. The van der Waals surface area contributed by atoms with E-state index in [2.05, 4.69) is 19.7 Å². The van der Waals surface area contributed by atoms with Gasteiger partial charge in [-0.25, -0.2) is 18.7 Å². The minimum Gasteiger partial charge on any atom is -0.467 e. The molecule has 3 rings (SSSR count). The summed E-state index contributed by atoms with van der Waals surface area (Å²) in [6.45, 7) is 0.456. The molecule has 5 nitrogen and oxygen atoms in total. The molecule has 1 saturated carbocycles. The van der Waals surface area contributed by atoms with E-state index in [1.54, 1.807) is 13.1 Å². The fraction of sp³-hybridized carbons (Fsp3) is 0.350. The van der Waals surface area contributed by atoms with Crippen LogP contribution < -0.4 is 10.5 Å². The van der Waals surface area contributed by atoms with Crippen molar-refractivity contribution < 1.29 is 26.7 Å². The zero-order valence-corrected chi connectivity index (χ0v) is 17.3. The van der Waals surface area contributed by atoms with Crippen LogP contribution in [0.1, 0.15) is 29.7 Å². The first kappa shape index (κ1) is 23.0. The maximum absolute atomic E-state index is 14.6. The molecule has 166 valence electrons. The number of alkyl halides is 3.